The molecule has 0 fully saturated rings. The number of rotatable bonds is 5. The third-order valence-corrected chi connectivity index (χ3v) is 3.86. The number of carbonyl (C=O) groups excluding carboxylic acids is 2. The van der Waals surface area contributed by atoms with Gasteiger partial charge in [-0.15, -0.1) is 0 Å². The first-order valence-corrected chi connectivity index (χ1v) is 8.28. The van der Waals surface area contributed by atoms with Crippen molar-refractivity contribution >= 4 is 28.6 Å². The van der Waals surface area contributed by atoms with E-state index < -0.39 is 23.0 Å². The number of esters is 1. The third kappa shape index (κ3) is 3.95. The van der Waals surface area contributed by atoms with Gasteiger partial charge in [0.1, 0.15) is 6.54 Å². The minimum atomic E-state index is -0.804. The lowest BCUT2D eigenvalue weighted by atomic mass is 10.2. The molecule has 138 valence electrons. The quantitative estimate of drug-likeness (QED) is 0.525. The fourth-order valence-corrected chi connectivity index (χ4v) is 2.63. The molecule has 1 aromatic heterocycles. The maximum absolute atomic E-state index is 12.3. The van der Waals surface area contributed by atoms with Crippen LogP contribution >= 0.6 is 0 Å². The highest BCUT2D eigenvalue weighted by Gasteiger charge is 2.12. The number of aromatic amines is 1. The van der Waals surface area contributed by atoms with Crippen LogP contribution in [0.2, 0.25) is 0 Å². The van der Waals surface area contributed by atoms with Gasteiger partial charge in [0.25, 0.3) is 0 Å². The van der Waals surface area contributed by atoms with Crippen LogP contribution in [0.4, 0.5) is 5.69 Å². The van der Waals surface area contributed by atoms with Crippen LogP contribution in [0.1, 0.15) is 17.3 Å². The predicted molar refractivity (Wildman–Crippen MR) is 99.9 cm³/mol. The topological polar surface area (TPSA) is 110 Å². The molecule has 0 aliphatic rings. The standard InChI is InChI=1S/C19H17N3O5/c1-2-27-19(26)12-7-9-13(10-8-12)20-16(23)11-22-15-6-4-3-5-14(15)21-17(24)18(22)25/h3-10H,2,11H2,1H3,(H,20,23)(H,21,24). The number of ether oxygens (including phenoxy) is 1. The highest BCUT2D eigenvalue weighted by molar-refractivity contribution is 5.93. The number of hydrogen-bond acceptors (Lipinski definition) is 5. The largest absolute Gasteiger partial charge is 0.462 e. The Bertz CT molecular complexity index is 1110. The van der Waals surface area contributed by atoms with Crippen molar-refractivity contribution in [1.82, 2.24) is 9.55 Å². The zero-order chi connectivity index (χ0) is 19.4. The first-order chi connectivity index (χ1) is 13.0. The first kappa shape index (κ1) is 18.1. The molecule has 1 heterocycles. The van der Waals surface area contributed by atoms with Gasteiger partial charge in [0, 0.05) is 5.69 Å². The Balaban J connectivity index is 1.80. The summed E-state index contributed by atoms with van der Waals surface area (Å²) in [5, 5.41) is 2.64. The second-order valence-corrected chi connectivity index (χ2v) is 5.71. The SMILES string of the molecule is CCOC(=O)c1ccc(NC(=O)Cn2c(=O)c(=O)[nH]c3ccccc32)cc1. The van der Waals surface area contributed by atoms with Gasteiger partial charge in [0.15, 0.2) is 0 Å². The van der Waals surface area contributed by atoms with Crippen molar-refractivity contribution in [3.05, 3.63) is 74.8 Å². The van der Waals surface area contributed by atoms with Crippen LogP contribution in [-0.4, -0.2) is 28.0 Å². The molecule has 0 aliphatic heterocycles. The van der Waals surface area contributed by atoms with Crippen LogP contribution in [0.3, 0.4) is 0 Å². The van der Waals surface area contributed by atoms with Gasteiger partial charge in [-0.25, -0.2) is 4.79 Å². The molecule has 8 heteroatoms. The van der Waals surface area contributed by atoms with Crippen LogP contribution in [0.15, 0.2) is 58.1 Å². The molecule has 0 spiro atoms. The Morgan fingerprint density at radius 3 is 2.48 bits per heavy atom. The molecular formula is C19H17N3O5. The molecule has 0 saturated heterocycles. The zero-order valence-corrected chi connectivity index (χ0v) is 14.5. The molecule has 27 heavy (non-hydrogen) atoms. The van der Waals surface area contributed by atoms with Crippen molar-refractivity contribution in [2.24, 2.45) is 0 Å². The number of amides is 1. The summed E-state index contributed by atoms with van der Waals surface area (Å²) in [4.78, 5) is 50.4. The summed E-state index contributed by atoms with van der Waals surface area (Å²) in [5.74, 6) is -0.923. The van der Waals surface area contributed by atoms with E-state index in [1.165, 1.54) is 12.1 Å². The summed E-state index contributed by atoms with van der Waals surface area (Å²) < 4.78 is 6.02. The van der Waals surface area contributed by atoms with Crippen molar-refractivity contribution in [1.29, 1.82) is 0 Å². The number of anilines is 1. The van der Waals surface area contributed by atoms with Crippen molar-refractivity contribution in [2.75, 3.05) is 11.9 Å². The summed E-state index contributed by atoms with van der Waals surface area (Å²) in [5.41, 5.74) is 0.146. The minimum absolute atomic E-state index is 0.274. The molecule has 2 N–H and O–H groups in total. The molecule has 3 rings (SSSR count). The average Bonchev–Trinajstić information content (AvgIpc) is 2.66. The molecule has 0 unspecified atom stereocenters. The third-order valence-electron chi connectivity index (χ3n) is 3.86. The number of carbonyl (C=O) groups is 2. The van der Waals surface area contributed by atoms with E-state index in [9.17, 15) is 19.2 Å². The fourth-order valence-electron chi connectivity index (χ4n) is 2.63. The van der Waals surface area contributed by atoms with Crippen molar-refractivity contribution in [2.45, 2.75) is 13.5 Å². The van der Waals surface area contributed by atoms with Crippen molar-refractivity contribution in [3.63, 3.8) is 0 Å². The van der Waals surface area contributed by atoms with Crippen LogP contribution < -0.4 is 16.4 Å². The van der Waals surface area contributed by atoms with E-state index in [0.29, 0.717) is 22.3 Å². The van der Waals surface area contributed by atoms with Gasteiger partial charge in [0.05, 0.1) is 23.2 Å². The molecule has 0 atom stereocenters. The van der Waals surface area contributed by atoms with Gasteiger partial charge in [-0.1, -0.05) is 12.1 Å². The summed E-state index contributed by atoms with van der Waals surface area (Å²) in [6.07, 6.45) is 0. The van der Waals surface area contributed by atoms with Gasteiger partial charge in [-0.2, -0.15) is 0 Å². The normalized spacial score (nSPS) is 10.6. The van der Waals surface area contributed by atoms with E-state index in [1.54, 1.807) is 43.3 Å². The Morgan fingerprint density at radius 1 is 1.07 bits per heavy atom. The lowest BCUT2D eigenvalue weighted by Gasteiger charge is -2.10. The van der Waals surface area contributed by atoms with E-state index in [-0.39, 0.29) is 13.2 Å². The van der Waals surface area contributed by atoms with Crippen LogP contribution in [0.25, 0.3) is 11.0 Å². The minimum Gasteiger partial charge on any atom is -0.462 e. The highest BCUT2D eigenvalue weighted by atomic mass is 16.5. The highest BCUT2D eigenvalue weighted by Crippen LogP contribution is 2.12. The number of aromatic nitrogens is 2. The Hall–Kier alpha value is -3.68. The monoisotopic (exact) mass is 367 g/mol. The second-order valence-electron chi connectivity index (χ2n) is 5.71. The first-order valence-electron chi connectivity index (χ1n) is 8.28. The molecule has 0 saturated carbocycles. The van der Waals surface area contributed by atoms with Gasteiger partial charge < -0.3 is 15.0 Å². The summed E-state index contributed by atoms with van der Waals surface area (Å²) in [6.45, 7) is 1.67. The lowest BCUT2D eigenvalue weighted by Crippen LogP contribution is -2.38. The van der Waals surface area contributed by atoms with E-state index in [0.717, 1.165) is 4.57 Å². The fraction of sp³-hybridized carbons (Fsp3) is 0.158. The molecular weight excluding hydrogens is 350 g/mol. The maximum atomic E-state index is 12.3. The van der Waals surface area contributed by atoms with E-state index in [1.807, 2.05) is 0 Å². The Labute approximate surface area is 153 Å². The zero-order valence-electron chi connectivity index (χ0n) is 14.5. The number of fused-ring (bicyclic) bond motifs is 1. The summed E-state index contributed by atoms with van der Waals surface area (Å²) in [7, 11) is 0. The van der Waals surface area contributed by atoms with Crippen LogP contribution in [0, 0.1) is 0 Å². The van der Waals surface area contributed by atoms with Gasteiger partial charge >= 0.3 is 17.1 Å². The van der Waals surface area contributed by atoms with Gasteiger partial charge in [0.2, 0.25) is 5.91 Å². The average molecular weight is 367 g/mol. The number of H-pyrrole nitrogens is 1. The van der Waals surface area contributed by atoms with Crippen molar-refractivity contribution in [3.8, 4) is 0 Å². The summed E-state index contributed by atoms with van der Waals surface area (Å²) >= 11 is 0. The predicted octanol–water partition coefficient (Wildman–Crippen LogP) is 1.51. The van der Waals surface area contributed by atoms with E-state index in [4.69, 9.17) is 4.74 Å². The molecule has 0 aliphatic carbocycles. The van der Waals surface area contributed by atoms with Crippen LogP contribution in [-0.2, 0) is 16.1 Å². The smallest absolute Gasteiger partial charge is 0.338 e. The van der Waals surface area contributed by atoms with E-state index in [2.05, 4.69) is 10.3 Å². The number of para-hydroxylation sites is 2. The van der Waals surface area contributed by atoms with E-state index >= 15 is 0 Å². The van der Waals surface area contributed by atoms with Gasteiger partial charge in [-0.05, 0) is 43.3 Å². The Kier molecular flexibility index (Phi) is 5.16. The molecule has 2 aromatic carbocycles. The second kappa shape index (κ2) is 7.69. The Morgan fingerprint density at radius 2 is 1.78 bits per heavy atom. The van der Waals surface area contributed by atoms with Crippen LogP contribution in [0.5, 0.6) is 0 Å². The molecule has 8 nitrogen and oxygen atoms in total. The number of benzene rings is 2. The lowest BCUT2D eigenvalue weighted by molar-refractivity contribution is -0.116. The van der Waals surface area contributed by atoms with Gasteiger partial charge in [-0.3, -0.25) is 19.0 Å². The maximum Gasteiger partial charge on any atom is 0.338 e. The molecule has 3 aromatic rings. The number of nitrogens with one attached hydrogen (secondary N) is 2. The molecule has 0 radical (unpaired) electrons. The molecule has 1 amide bonds. The van der Waals surface area contributed by atoms with Crippen molar-refractivity contribution < 1.29 is 14.3 Å². The summed E-state index contributed by atoms with van der Waals surface area (Å²) in [6, 6.07) is 12.9. The number of nitrogens with zero attached hydrogens (tertiary/aromatic N) is 1. The number of hydrogen-bond donors (Lipinski definition) is 2. The molecule has 0 bridgehead atoms.